The van der Waals surface area contributed by atoms with E-state index >= 15 is 0 Å². The maximum atomic E-state index is 11.8. The highest BCUT2D eigenvalue weighted by Crippen LogP contribution is 2.21. The predicted molar refractivity (Wildman–Crippen MR) is 59.8 cm³/mol. The van der Waals surface area contributed by atoms with Crippen molar-refractivity contribution in [2.75, 3.05) is 0 Å². The van der Waals surface area contributed by atoms with E-state index in [1.165, 1.54) is 24.3 Å². The Kier molecular flexibility index (Phi) is 3.07. The Labute approximate surface area is 94.7 Å². The summed E-state index contributed by atoms with van der Waals surface area (Å²) in [6.07, 6.45) is 3.59. The Morgan fingerprint density at radius 3 is 2.25 bits per heavy atom. The van der Waals surface area contributed by atoms with Crippen LogP contribution in [0.15, 0.2) is 29.2 Å². The third kappa shape index (κ3) is 2.31. The minimum atomic E-state index is -3.41. The topological polar surface area (TPSA) is 63.2 Å². The van der Waals surface area contributed by atoms with Gasteiger partial charge in [0.15, 0.2) is 0 Å². The highest BCUT2D eigenvalue weighted by Gasteiger charge is 2.24. The lowest BCUT2D eigenvalue weighted by molar-refractivity contribution is 0.112. The summed E-state index contributed by atoms with van der Waals surface area (Å²) in [6.45, 7) is 0. The van der Waals surface area contributed by atoms with Gasteiger partial charge >= 0.3 is 0 Å². The second kappa shape index (κ2) is 4.35. The third-order valence-electron chi connectivity index (χ3n) is 2.75. The van der Waals surface area contributed by atoms with E-state index in [1.807, 2.05) is 0 Å². The SMILES string of the molecule is O=Cc1ccc(S(=O)(=O)NC2CCC2)cc1. The molecule has 2 rings (SSSR count). The van der Waals surface area contributed by atoms with E-state index in [2.05, 4.69) is 4.72 Å². The normalized spacial score (nSPS) is 16.8. The largest absolute Gasteiger partial charge is 0.298 e. The van der Waals surface area contributed by atoms with E-state index in [0.717, 1.165) is 19.3 Å². The molecule has 4 nitrogen and oxygen atoms in total. The number of aldehydes is 1. The molecule has 1 saturated carbocycles. The quantitative estimate of drug-likeness (QED) is 0.806. The first kappa shape index (κ1) is 11.3. The van der Waals surface area contributed by atoms with Crippen molar-refractivity contribution < 1.29 is 13.2 Å². The molecule has 0 amide bonds. The number of carbonyl (C=O) groups excluding carboxylic acids is 1. The summed E-state index contributed by atoms with van der Waals surface area (Å²) >= 11 is 0. The first-order valence-electron chi connectivity index (χ1n) is 5.19. The minimum absolute atomic E-state index is 0.0794. The summed E-state index contributed by atoms with van der Waals surface area (Å²) in [4.78, 5) is 10.6. The third-order valence-corrected chi connectivity index (χ3v) is 4.29. The molecule has 1 fully saturated rings. The molecular formula is C11H13NO3S. The van der Waals surface area contributed by atoms with Gasteiger partial charge in [0.05, 0.1) is 4.90 Å². The van der Waals surface area contributed by atoms with Crippen LogP contribution in [0.2, 0.25) is 0 Å². The number of rotatable bonds is 4. The van der Waals surface area contributed by atoms with E-state index in [4.69, 9.17) is 0 Å². The molecule has 1 aromatic rings. The van der Waals surface area contributed by atoms with Crippen molar-refractivity contribution in [2.24, 2.45) is 0 Å². The van der Waals surface area contributed by atoms with Crippen LogP contribution in [0.5, 0.6) is 0 Å². The van der Waals surface area contributed by atoms with E-state index in [-0.39, 0.29) is 10.9 Å². The van der Waals surface area contributed by atoms with Gasteiger partial charge in [-0.15, -0.1) is 0 Å². The second-order valence-electron chi connectivity index (χ2n) is 3.94. The second-order valence-corrected chi connectivity index (χ2v) is 5.65. The van der Waals surface area contributed by atoms with Crippen LogP contribution >= 0.6 is 0 Å². The van der Waals surface area contributed by atoms with E-state index in [9.17, 15) is 13.2 Å². The van der Waals surface area contributed by atoms with Crippen LogP contribution in [0.3, 0.4) is 0 Å². The fraction of sp³-hybridized carbons (Fsp3) is 0.364. The molecule has 0 bridgehead atoms. The molecule has 0 spiro atoms. The maximum Gasteiger partial charge on any atom is 0.240 e. The van der Waals surface area contributed by atoms with Crippen LogP contribution in [0.4, 0.5) is 0 Å². The van der Waals surface area contributed by atoms with Crippen LogP contribution in [-0.2, 0) is 10.0 Å². The van der Waals surface area contributed by atoms with Crippen molar-refractivity contribution in [3.05, 3.63) is 29.8 Å². The smallest absolute Gasteiger partial charge is 0.240 e. The number of hydrogen-bond acceptors (Lipinski definition) is 3. The summed E-state index contributed by atoms with van der Waals surface area (Å²) < 4.78 is 26.3. The molecule has 0 unspecified atom stereocenters. The van der Waals surface area contributed by atoms with Crippen molar-refractivity contribution in [2.45, 2.75) is 30.2 Å². The zero-order chi connectivity index (χ0) is 11.6. The Balaban J connectivity index is 2.17. The van der Waals surface area contributed by atoms with Crippen LogP contribution < -0.4 is 4.72 Å². The average Bonchev–Trinajstić information content (AvgIpc) is 2.24. The van der Waals surface area contributed by atoms with Gasteiger partial charge in [0.1, 0.15) is 6.29 Å². The minimum Gasteiger partial charge on any atom is -0.298 e. The van der Waals surface area contributed by atoms with E-state index in [0.29, 0.717) is 11.8 Å². The molecule has 0 saturated heterocycles. The van der Waals surface area contributed by atoms with Gasteiger partial charge in [-0.05, 0) is 25.0 Å². The highest BCUT2D eigenvalue weighted by molar-refractivity contribution is 7.89. The Morgan fingerprint density at radius 2 is 1.81 bits per heavy atom. The summed E-state index contributed by atoms with van der Waals surface area (Å²) in [5.41, 5.74) is 0.475. The van der Waals surface area contributed by atoms with Crippen LogP contribution in [0.1, 0.15) is 29.6 Å². The highest BCUT2D eigenvalue weighted by atomic mass is 32.2. The fourth-order valence-electron chi connectivity index (χ4n) is 1.54. The van der Waals surface area contributed by atoms with Crippen molar-refractivity contribution in [1.29, 1.82) is 0 Å². The lowest BCUT2D eigenvalue weighted by Crippen LogP contribution is -2.39. The van der Waals surface area contributed by atoms with Crippen LogP contribution in [-0.4, -0.2) is 20.7 Å². The fourth-order valence-corrected chi connectivity index (χ4v) is 2.84. The molecule has 1 aliphatic carbocycles. The molecule has 0 aliphatic heterocycles. The van der Waals surface area contributed by atoms with Crippen LogP contribution in [0.25, 0.3) is 0 Å². The Bertz CT molecular complexity index is 474. The standard InChI is InChI=1S/C11H13NO3S/c13-8-9-4-6-11(7-5-9)16(14,15)12-10-2-1-3-10/h4-8,10,12H,1-3H2. The molecule has 0 atom stereocenters. The molecule has 5 heteroatoms. The maximum absolute atomic E-state index is 11.8. The monoisotopic (exact) mass is 239 g/mol. The molecule has 0 radical (unpaired) electrons. The van der Waals surface area contributed by atoms with Gasteiger partial charge in [0.25, 0.3) is 0 Å². The number of hydrogen-bond donors (Lipinski definition) is 1. The molecule has 1 aliphatic rings. The van der Waals surface area contributed by atoms with Gasteiger partial charge < -0.3 is 0 Å². The first-order chi connectivity index (χ1) is 7.62. The molecular weight excluding hydrogens is 226 g/mol. The lowest BCUT2D eigenvalue weighted by Gasteiger charge is -2.26. The lowest BCUT2D eigenvalue weighted by atomic mass is 9.94. The van der Waals surface area contributed by atoms with Crippen molar-refractivity contribution >= 4 is 16.3 Å². The first-order valence-corrected chi connectivity index (χ1v) is 6.68. The van der Waals surface area contributed by atoms with Gasteiger partial charge in [-0.25, -0.2) is 13.1 Å². The zero-order valence-electron chi connectivity index (χ0n) is 8.72. The molecule has 1 aromatic carbocycles. The number of benzene rings is 1. The van der Waals surface area contributed by atoms with Gasteiger partial charge in [0, 0.05) is 11.6 Å². The van der Waals surface area contributed by atoms with E-state index < -0.39 is 10.0 Å². The summed E-state index contributed by atoms with van der Waals surface area (Å²) in [5, 5.41) is 0. The predicted octanol–water partition coefficient (Wildman–Crippen LogP) is 1.33. The van der Waals surface area contributed by atoms with Crippen molar-refractivity contribution in [3.8, 4) is 0 Å². The van der Waals surface area contributed by atoms with Gasteiger partial charge in [-0.1, -0.05) is 18.6 Å². The average molecular weight is 239 g/mol. The number of nitrogens with one attached hydrogen (secondary N) is 1. The van der Waals surface area contributed by atoms with Gasteiger partial charge in [-0.3, -0.25) is 4.79 Å². The molecule has 1 N–H and O–H groups in total. The van der Waals surface area contributed by atoms with E-state index in [1.54, 1.807) is 0 Å². The summed E-state index contributed by atoms with van der Waals surface area (Å²) in [7, 11) is -3.41. The van der Waals surface area contributed by atoms with Crippen molar-refractivity contribution in [3.63, 3.8) is 0 Å². The molecule has 16 heavy (non-hydrogen) atoms. The Hall–Kier alpha value is -1.20. The number of sulfonamides is 1. The molecule has 0 aromatic heterocycles. The van der Waals surface area contributed by atoms with Gasteiger partial charge in [0.2, 0.25) is 10.0 Å². The summed E-state index contributed by atoms with van der Waals surface area (Å²) in [5.74, 6) is 0. The van der Waals surface area contributed by atoms with Crippen molar-refractivity contribution in [1.82, 2.24) is 4.72 Å². The molecule has 0 heterocycles. The zero-order valence-corrected chi connectivity index (χ0v) is 9.53. The van der Waals surface area contributed by atoms with Crippen LogP contribution in [0, 0.1) is 0 Å². The van der Waals surface area contributed by atoms with Gasteiger partial charge in [-0.2, -0.15) is 0 Å². The Morgan fingerprint density at radius 1 is 1.19 bits per heavy atom. The number of carbonyl (C=O) groups is 1. The molecule has 86 valence electrons. The summed E-state index contributed by atoms with van der Waals surface area (Å²) in [6, 6.07) is 5.98.